The minimum atomic E-state index is -1.17. The first-order chi connectivity index (χ1) is 8.28. The number of alkyl halides is 1. The van der Waals surface area contributed by atoms with Gasteiger partial charge in [0, 0.05) is 19.7 Å². The predicted octanol–water partition coefficient (Wildman–Crippen LogP) is 4.34. The zero-order valence-electron chi connectivity index (χ0n) is 11.6. The molecule has 0 aromatic carbocycles. The number of Topliss-reactive ketones (excluding diaryl/α,β-unsaturated/α-hetero) is 1. The van der Waals surface area contributed by atoms with Crippen LogP contribution in [0.25, 0.3) is 0 Å². The van der Waals surface area contributed by atoms with Gasteiger partial charge in [-0.1, -0.05) is 31.4 Å². The molecule has 0 aliphatic carbocycles. The van der Waals surface area contributed by atoms with Crippen molar-refractivity contribution in [1.82, 2.24) is 0 Å². The summed E-state index contributed by atoms with van der Waals surface area (Å²) in [7, 11) is -1.17. The van der Waals surface area contributed by atoms with Gasteiger partial charge in [0.2, 0.25) is 4.38 Å². The van der Waals surface area contributed by atoms with Gasteiger partial charge >= 0.3 is 0 Å². The van der Waals surface area contributed by atoms with E-state index in [-0.39, 0.29) is 11.7 Å². The van der Waals surface area contributed by atoms with E-state index in [1.807, 2.05) is 6.92 Å². The van der Waals surface area contributed by atoms with Gasteiger partial charge in [0.25, 0.3) is 0 Å². The molecule has 1 unspecified atom stereocenters. The number of ketones is 1. The minimum Gasteiger partial charge on any atom is -0.479 e. The highest BCUT2D eigenvalue weighted by atomic mass is 35.5. The molecule has 0 aromatic rings. The number of carbonyl (C=O) groups excluding carboxylic acids is 1. The van der Waals surface area contributed by atoms with E-state index in [9.17, 15) is 4.79 Å². The van der Waals surface area contributed by atoms with E-state index in [1.165, 1.54) is 0 Å². The third-order valence-electron chi connectivity index (χ3n) is 2.26. The van der Waals surface area contributed by atoms with Crippen LogP contribution >= 0.6 is 35.6 Å². The Morgan fingerprint density at radius 2 is 2.06 bits per heavy atom. The van der Waals surface area contributed by atoms with Gasteiger partial charge in [-0.25, -0.2) is 0 Å². The zero-order valence-corrected chi connectivity index (χ0v) is 15.0. The molecule has 1 atom stereocenters. The molecule has 2 nitrogen and oxygen atoms in total. The molecule has 6 heteroatoms. The molecule has 106 valence electrons. The maximum absolute atomic E-state index is 11.3. The highest BCUT2D eigenvalue weighted by Gasteiger charge is 2.23. The fourth-order valence-corrected chi connectivity index (χ4v) is 6.32. The Morgan fingerprint density at radius 3 is 2.50 bits per heavy atom. The van der Waals surface area contributed by atoms with Crippen LogP contribution in [0.4, 0.5) is 0 Å². The maximum Gasteiger partial charge on any atom is 0.220 e. The Morgan fingerprint density at radius 1 is 1.44 bits per heavy atom. The van der Waals surface area contributed by atoms with Gasteiger partial charge in [0.15, 0.2) is 0 Å². The number of rotatable bonds is 8. The first-order valence-electron chi connectivity index (χ1n) is 6.19. The second-order valence-corrected chi connectivity index (χ2v) is 13.1. The maximum atomic E-state index is 11.3. The molecule has 0 spiro atoms. The largest absolute Gasteiger partial charge is 0.479 e. The Labute approximate surface area is 126 Å². The molecule has 0 fully saturated rings. The van der Waals surface area contributed by atoms with Crippen molar-refractivity contribution in [3.63, 3.8) is 0 Å². The van der Waals surface area contributed by atoms with Crippen LogP contribution in [0.15, 0.2) is 0 Å². The Balaban J connectivity index is 4.33. The molecule has 0 amide bonds. The SMILES string of the molecule is CCOC(=S)SC(CCC(=O)CCl)C[Si](C)(C)C. The van der Waals surface area contributed by atoms with E-state index >= 15 is 0 Å². The van der Waals surface area contributed by atoms with Crippen molar-refractivity contribution >= 4 is 53.8 Å². The Hall–Kier alpha value is 0.417. The summed E-state index contributed by atoms with van der Waals surface area (Å²) in [4.78, 5) is 11.3. The fourth-order valence-electron chi connectivity index (χ4n) is 1.56. The van der Waals surface area contributed by atoms with Crippen LogP contribution in [0, 0.1) is 0 Å². The molecule has 0 N–H and O–H groups in total. The summed E-state index contributed by atoms with van der Waals surface area (Å²) >= 11 is 12.3. The average Bonchev–Trinajstić information content (AvgIpc) is 2.23. The number of ether oxygens (including phenoxy) is 1. The molecular weight excluding hydrogens is 304 g/mol. The van der Waals surface area contributed by atoms with Gasteiger partial charge in [-0.15, -0.1) is 11.6 Å². The Kier molecular flexibility index (Phi) is 9.56. The molecule has 0 rings (SSSR count). The van der Waals surface area contributed by atoms with Gasteiger partial charge in [0.05, 0.1) is 12.5 Å². The monoisotopic (exact) mass is 326 g/mol. The van der Waals surface area contributed by atoms with Crippen LogP contribution in [0.2, 0.25) is 25.7 Å². The van der Waals surface area contributed by atoms with Crippen molar-refractivity contribution in [3.8, 4) is 0 Å². The Bertz CT molecular complexity index is 280. The zero-order chi connectivity index (χ0) is 14.2. The molecule has 0 aliphatic rings. The van der Waals surface area contributed by atoms with Gasteiger partial charge in [0.1, 0.15) is 5.78 Å². The number of hydrogen-bond donors (Lipinski definition) is 0. The van der Waals surface area contributed by atoms with Crippen LogP contribution in [-0.4, -0.2) is 36.0 Å². The summed E-state index contributed by atoms with van der Waals surface area (Å²) in [5.41, 5.74) is 0. The molecule has 0 radical (unpaired) electrons. The summed E-state index contributed by atoms with van der Waals surface area (Å²) in [5, 5.41) is 0.378. The van der Waals surface area contributed by atoms with E-state index in [4.69, 9.17) is 28.6 Å². The van der Waals surface area contributed by atoms with E-state index in [0.29, 0.717) is 22.7 Å². The molecule has 0 aliphatic heterocycles. The molecular formula is C12H23ClO2S2Si. The highest BCUT2D eigenvalue weighted by molar-refractivity contribution is 8.23. The third kappa shape index (κ3) is 10.3. The topological polar surface area (TPSA) is 26.3 Å². The lowest BCUT2D eigenvalue weighted by Gasteiger charge is -2.23. The smallest absolute Gasteiger partial charge is 0.220 e. The van der Waals surface area contributed by atoms with Gasteiger partial charge in [-0.3, -0.25) is 4.79 Å². The van der Waals surface area contributed by atoms with E-state index in [1.54, 1.807) is 11.8 Å². The average molecular weight is 327 g/mol. The number of thiocarbonyl (C=S) groups is 1. The molecule has 0 saturated heterocycles. The van der Waals surface area contributed by atoms with Crippen LogP contribution in [0.1, 0.15) is 19.8 Å². The lowest BCUT2D eigenvalue weighted by atomic mass is 10.2. The minimum absolute atomic E-state index is 0.111. The lowest BCUT2D eigenvalue weighted by Crippen LogP contribution is -2.26. The lowest BCUT2D eigenvalue weighted by molar-refractivity contribution is -0.116. The first-order valence-corrected chi connectivity index (χ1v) is 11.7. The summed E-state index contributed by atoms with van der Waals surface area (Å²) < 4.78 is 5.92. The fraction of sp³-hybridized carbons (Fsp3) is 0.833. The third-order valence-corrected chi connectivity index (χ3v) is 6.02. The number of carbonyl (C=O) groups is 1. The summed E-state index contributed by atoms with van der Waals surface area (Å²) in [6.45, 7) is 9.51. The van der Waals surface area contributed by atoms with Crippen LogP contribution in [0.5, 0.6) is 0 Å². The van der Waals surface area contributed by atoms with Crippen LogP contribution in [0.3, 0.4) is 0 Å². The molecule has 0 heterocycles. The van der Waals surface area contributed by atoms with Crippen molar-refractivity contribution in [2.24, 2.45) is 0 Å². The van der Waals surface area contributed by atoms with Crippen molar-refractivity contribution in [1.29, 1.82) is 0 Å². The molecule has 0 bridgehead atoms. The van der Waals surface area contributed by atoms with Crippen molar-refractivity contribution in [3.05, 3.63) is 0 Å². The quantitative estimate of drug-likeness (QED) is 0.376. The van der Waals surface area contributed by atoms with Crippen molar-refractivity contribution < 1.29 is 9.53 Å². The van der Waals surface area contributed by atoms with Gasteiger partial charge in [-0.05, 0) is 31.6 Å². The highest BCUT2D eigenvalue weighted by Crippen LogP contribution is 2.28. The first kappa shape index (κ1) is 18.4. The normalized spacial score (nSPS) is 13.2. The van der Waals surface area contributed by atoms with E-state index in [2.05, 4.69) is 19.6 Å². The standard InChI is InChI=1S/C12H23ClO2S2Si/c1-5-15-12(16)17-11(9-18(2,3)4)7-6-10(14)8-13/h11H,5-9H2,1-4H3. The van der Waals surface area contributed by atoms with Crippen LogP contribution < -0.4 is 0 Å². The molecule has 0 aromatic heterocycles. The number of hydrogen-bond acceptors (Lipinski definition) is 4. The van der Waals surface area contributed by atoms with E-state index < -0.39 is 8.07 Å². The van der Waals surface area contributed by atoms with Gasteiger partial charge < -0.3 is 4.74 Å². The second-order valence-electron chi connectivity index (χ2n) is 5.40. The second kappa shape index (κ2) is 9.34. The van der Waals surface area contributed by atoms with Crippen molar-refractivity contribution in [2.75, 3.05) is 12.5 Å². The summed E-state index contributed by atoms with van der Waals surface area (Å²) in [5.74, 6) is 0.223. The number of thioether (sulfide) groups is 1. The van der Waals surface area contributed by atoms with Crippen LogP contribution in [-0.2, 0) is 9.53 Å². The van der Waals surface area contributed by atoms with Crippen molar-refractivity contribution in [2.45, 2.75) is 50.7 Å². The summed E-state index contributed by atoms with van der Waals surface area (Å²) in [6, 6.07) is 1.14. The molecule has 0 saturated carbocycles. The summed E-state index contributed by atoms with van der Waals surface area (Å²) in [6.07, 6.45) is 1.38. The number of halogens is 1. The van der Waals surface area contributed by atoms with E-state index in [0.717, 1.165) is 12.5 Å². The predicted molar refractivity (Wildman–Crippen MR) is 88.7 cm³/mol. The van der Waals surface area contributed by atoms with Gasteiger partial charge in [-0.2, -0.15) is 0 Å². The molecule has 18 heavy (non-hydrogen) atoms.